The number of nitrogens with zero attached hydrogens (tertiary/aromatic N) is 1. The number of halogens is 2. The molecule has 0 saturated carbocycles. The van der Waals surface area contributed by atoms with Gasteiger partial charge in [0.2, 0.25) is 0 Å². The monoisotopic (exact) mass is 270 g/mol. The van der Waals surface area contributed by atoms with E-state index >= 15 is 0 Å². The van der Waals surface area contributed by atoms with E-state index in [9.17, 15) is 8.42 Å². The van der Waals surface area contributed by atoms with Crippen molar-refractivity contribution in [3.05, 3.63) is 21.8 Å². The van der Waals surface area contributed by atoms with Crippen molar-refractivity contribution in [1.82, 2.24) is 4.98 Å². The molecule has 12 heavy (non-hydrogen) atoms. The highest BCUT2D eigenvalue weighted by Gasteiger charge is 2.10. The van der Waals surface area contributed by atoms with Gasteiger partial charge in [0.25, 0.3) is 10.0 Å². The summed E-state index contributed by atoms with van der Waals surface area (Å²) in [4.78, 5) is 3.55. The molecule has 1 aromatic heterocycles. The van der Waals surface area contributed by atoms with E-state index in [1.165, 1.54) is 12.1 Å². The van der Waals surface area contributed by atoms with E-state index in [0.717, 1.165) is 0 Å². The van der Waals surface area contributed by atoms with Gasteiger partial charge in [-0.25, -0.2) is 18.5 Å². The Morgan fingerprint density at radius 1 is 1.50 bits per heavy atom. The average Bonchev–Trinajstić information content (AvgIpc) is 1.92. The number of pyridine rings is 1. The second-order valence-electron chi connectivity index (χ2n) is 1.97. The lowest BCUT2D eigenvalue weighted by atomic mass is 10.5. The number of hydrogen-bond acceptors (Lipinski definition) is 3. The van der Waals surface area contributed by atoms with Crippen LogP contribution in [-0.4, -0.2) is 13.4 Å². The molecule has 0 radical (unpaired) electrons. The quantitative estimate of drug-likeness (QED) is 0.779. The second kappa shape index (κ2) is 3.29. The lowest BCUT2D eigenvalue weighted by Gasteiger charge is -1.98. The lowest BCUT2D eigenvalue weighted by molar-refractivity contribution is 0.594. The van der Waals surface area contributed by atoms with Crippen molar-refractivity contribution in [2.24, 2.45) is 5.14 Å². The fourth-order valence-electron chi connectivity index (χ4n) is 0.559. The molecule has 0 bridgehead atoms. The van der Waals surface area contributed by atoms with E-state index in [2.05, 4.69) is 20.9 Å². The molecule has 2 N–H and O–H groups in total. The molecule has 1 rings (SSSR count). The molecule has 0 aliphatic carbocycles. The highest BCUT2D eigenvalue weighted by atomic mass is 79.9. The molecule has 0 unspecified atom stereocenters. The summed E-state index contributed by atoms with van der Waals surface area (Å²) in [6.07, 6.45) is 0. The van der Waals surface area contributed by atoms with Crippen LogP contribution in [0.3, 0.4) is 0 Å². The first-order chi connectivity index (χ1) is 5.41. The van der Waals surface area contributed by atoms with Gasteiger partial charge in [0.05, 0.1) is 4.47 Å². The summed E-state index contributed by atoms with van der Waals surface area (Å²) in [6.45, 7) is 0. The minimum absolute atomic E-state index is 0.0709. The molecule has 0 aliphatic heterocycles. The molecule has 0 fully saturated rings. The first kappa shape index (κ1) is 9.91. The number of primary sulfonamides is 1. The van der Waals surface area contributed by atoms with Gasteiger partial charge in [-0.05, 0) is 28.1 Å². The second-order valence-corrected chi connectivity index (χ2v) is 4.69. The van der Waals surface area contributed by atoms with E-state index < -0.39 is 10.0 Å². The largest absolute Gasteiger partial charge is 0.255 e. The topological polar surface area (TPSA) is 73.1 Å². The molecule has 1 aromatic rings. The van der Waals surface area contributed by atoms with Crippen molar-refractivity contribution in [3.8, 4) is 0 Å². The fourth-order valence-corrected chi connectivity index (χ4v) is 1.46. The summed E-state index contributed by atoms with van der Waals surface area (Å²) in [5, 5.41) is 4.64. The number of aromatic nitrogens is 1. The van der Waals surface area contributed by atoms with Gasteiger partial charge in [0.15, 0.2) is 5.03 Å². The van der Waals surface area contributed by atoms with Crippen LogP contribution in [0.1, 0.15) is 0 Å². The van der Waals surface area contributed by atoms with Crippen molar-refractivity contribution < 1.29 is 8.42 Å². The van der Waals surface area contributed by atoms with Crippen LogP contribution in [0.15, 0.2) is 21.6 Å². The zero-order valence-corrected chi connectivity index (χ0v) is 8.82. The van der Waals surface area contributed by atoms with Crippen LogP contribution in [0.2, 0.25) is 5.15 Å². The zero-order valence-electron chi connectivity index (χ0n) is 5.66. The third-order valence-corrected chi connectivity index (χ3v) is 3.04. The first-order valence-corrected chi connectivity index (χ1v) is 5.48. The molecule has 0 amide bonds. The van der Waals surface area contributed by atoms with Crippen LogP contribution in [-0.2, 0) is 10.0 Å². The van der Waals surface area contributed by atoms with Gasteiger partial charge in [-0.1, -0.05) is 11.6 Å². The zero-order chi connectivity index (χ0) is 9.35. The summed E-state index contributed by atoms with van der Waals surface area (Å²) in [6, 6.07) is 2.74. The van der Waals surface area contributed by atoms with Gasteiger partial charge in [0, 0.05) is 0 Å². The predicted molar refractivity (Wildman–Crippen MR) is 48.3 cm³/mol. The average molecular weight is 272 g/mol. The Bertz CT molecular complexity index is 406. The Labute approximate surface area is 82.9 Å². The van der Waals surface area contributed by atoms with Crippen molar-refractivity contribution in [3.63, 3.8) is 0 Å². The van der Waals surface area contributed by atoms with Crippen LogP contribution < -0.4 is 5.14 Å². The van der Waals surface area contributed by atoms with Crippen LogP contribution in [0, 0.1) is 0 Å². The van der Waals surface area contributed by atoms with E-state index in [0.29, 0.717) is 4.47 Å². The number of nitrogens with two attached hydrogens (primary N) is 1. The number of rotatable bonds is 1. The molecule has 0 saturated heterocycles. The Kier molecular flexibility index (Phi) is 2.72. The van der Waals surface area contributed by atoms with Crippen molar-refractivity contribution in [1.29, 1.82) is 0 Å². The molecule has 0 aliphatic rings. The summed E-state index contributed by atoms with van der Waals surface area (Å²) >= 11 is 8.61. The highest BCUT2D eigenvalue weighted by molar-refractivity contribution is 9.10. The van der Waals surface area contributed by atoms with Gasteiger partial charge < -0.3 is 0 Å². The molecule has 0 atom stereocenters. The normalized spacial score (nSPS) is 11.6. The third kappa shape index (κ3) is 2.16. The molecule has 7 heteroatoms. The Hall–Kier alpha value is -0.170. The molecule has 0 aromatic carbocycles. The number of hydrogen-bond donors (Lipinski definition) is 1. The molecular weight excluding hydrogens is 267 g/mol. The van der Waals surface area contributed by atoms with Crippen LogP contribution >= 0.6 is 27.5 Å². The van der Waals surface area contributed by atoms with Crippen molar-refractivity contribution in [2.45, 2.75) is 5.03 Å². The smallest absolute Gasteiger partial charge is 0.223 e. The van der Waals surface area contributed by atoms with Crippen molar-refractivity contribution >= 4 is 37.6 Å². The summed E-state index contributed by atoms with van der Waals surface area (Å²) < 4.78 is 22.0. The van der Waals surface area contributed by atoms with Crippen LogP contribution in [0.4, 0.5) is 0 Å². The van der Waals surface area contributed by atoms with Gasteiger partial charge in [-0.2, -0.15) is 0 Å². The Morgan fingerprint density at radius 2 is 2.08 bits per heavy atom. The molecule has 1 heterocycles. The molecule has 4 nitrogen and oxygen atoms in total. The predicted octanol–water partition coefficient (Wildman–Crippen LogP) is 1.14. The molecule has 66 valence electrons. The summed E-state index contributed by atoms with van der Waals surface area (Å²) in [5.41, 5.74) is 0. The van der Waals surface area contributed by atoms with Gasteiger partial charge in [-0.15, -0.1) is 0 Å². The van der Waals surface area contributed by atoms with E-state index in [-0.39, 0.29) is 10.2 Å². The maximum Gasteiger partial charge on any atom is 0.255 e. The summed E-state index contributed by atoms with van der Waals surface area (Å²) in [5.74, 6) is 0. The standard InChI is InChI=1S/C5H4BrClN2O2S/c6-3-1-2-4(9-5(3)7)12(8,10)11/h1-2H,(H2,8,10,11). The van der Waals surface area contributed by atoms with Gasteiger partial charge >= 0.3 is 0 Å². The highest BCUT2D eigenvalue weighted by Crippen LogP contribution is 2.20. The van der Waals surface area contributed by atoms with Crippen LogP contribution in [0.5, 0.6) is 0 Å². The van der Waals surface area contributed by atoms with Gasteiger partial charge in [-0.3, -0.25) is 0 Å². The Morgan fingerprint density at radius 3 is 2.50 bits per heavy atom. The minimum Gasteiger partial charge on any atom is -0.223 e. The fraction of sp³-hybridized carbons (Fsp3) is 0. The third-order valence-electron chi connectivity index (χ3n) is 1.07. The lowest BCUT2D eigenvalue weighted by Crippen LogP contribution is -2.13. The molecule has 0 spiro atoms. The van der Waals surface area contributed by atoms with Gasteiger partial charge in [0.1, 0.15) is 5.15 Å². The maximum absolute atomic E-state index is 10.7. The summed E-state index contributed by atoms with van der Waals surface area (Å²) in [7, 11) is -3.76. The SMILES string of the molecule is NS(=O)(=O)c1ccc(Br)c(Cl)n1. The van der Waals surface area contributed by atoms with Crippen LogP contribution in [0.25, 0.3) is 0 Å². The van der Waals surface area contributed by atoms with Crippen molar-refractivity contribution in [2.75, 3.05) is 0 Å². The maximum atomic E-state index is 10.7. The number of sulfonamides is 1. The Balaban J connectivity index is 3.33. The van der Waals surface area contributed by atoms with E-state index in [4.69, 9.17) is 16.7 Å². The minimum atomic E-state index is -3.76. The van der Waals surface area contributed by atoms with E-state index in [1.54, 1.807) is 0 Å². The first-order valence-electron chi connectivity index (χ1n) is 2.76. The van der Waals surface area contributed by atoms with E-state index in [1.807, 2.05) is 0 Å². The molecular formula is C5H4BrClN2O2S.